The summed E-state index contributed by atoms with van der Waals surface area (Å²) in [6.07, 6.45) is 2.94. The molecule has 0 aromatic heterocycles. The summed E-state index contributed by atoms with van der Waals surface area (Å²) in [6, 6.07) is 6.77. The van der Waals surface area contributed by atoms with Crippen molar-refractivity contribution >= 4 is 25.8 Å². The fourth-order valence-corrected chi connectivity index (χ4v) is 4.48. The van der Waals surface area contributed by atoms with Gasteiger partial charge in [-0.1, -0.05) is 15.9 Å². The zero-order valence-corrected chi connectivity index (χ0v) is 13.4. The molecule has 1 aromatic carbocycles. The second kappa shape index (κ2) is 5.54. The third-order valence-corrected chi connectivity index (χ3v) is 6.24. The van der Waals surface area contributed by atoms with Crippen molar-refractivity contribution in [1.29, 1.82) is 0 Å². The molecule has 0 heterocycles. The summed E-state index contributed by atoms with van der Waals surface area (Å²) < 4.78 is 25.5. The minimum absolute atomic E-state index is 0.161. The summed E-state index contributed by atoms with van der Waals surface area (Å²) in [7, 11) is -3.22. The van der Waals surface area contributed by atoms with E-state index in [-0.39, 0.29) is 11.7 Å². The van der Waals surface area contributed by atoms with Crippen LogP contribution in [0.3, 0.4) is 0 Å². The van der Waals surface area contributed by atoms with Crippen molar-refractivity contribution in [2.45, 2.75) is 43.1 Å². The topological polar surface area (TPSA) is 54.4 Å². The lowest BCUT2D eigenvalue weighted by Gasteiger charge is -2.32. The number of sulfone groups is 1. The fourth-order valence-electron chi connectivity index (χ4n) is 2.51. The molecule has 1 N–H and O–H groups in total. The number of hydrogen-bond acceptors (Lipinski definition) is 3. The molecule has 0 spiro atoms. The molecule has 1 aliphatic rings. The highest BCUT2D eigenvalue weighted by Crippen LogP contribution is 2.33. The van der Waals surface area contributed by atoms with Gasteiger partial charge >= 0.3 is 0 Å². The van der Waals surface area contributed by atoms with Crippen LogP contribution >= 0.6 is 15.9 Å². The summed E-state index contributed by atoms with van der Waals surface area (Å²) >= 11 is 3.30. The van der Waals surface area contributed by atoms with Crippen LogP contribution in [0.25, 0.3) is 0 Å². The van der Waals surface area contributed by atoms with Gasteiger partial charge in [0.1, 0.15) is 0 Å². The quantitative estimate of drug-likeness (QED) is 0.914. The molecule has 0 radical (unpaired) electrons. The minimum Gasteiger partial charge on any atom is -0.390 e. The van der Waals surface area contributed by atoms with E-state index in [9.17, 15) is 13.5 Å². The number of rotatable bonds is 3. The fraction of sp³-hybridized carbons (Fsp3) is 0.571. The molecule has 0 saturated heterocycles. The van der Waals surface area contributed by atoms with Crippen LogP contribution in [0.4, 0.5) is 0 Å². The molecule has 3 nitrogen and oxygen atoms in total. The van der Waals surface area contributed by atoms with Crippen molar-refractivity contribution in [3.05, 3.63) is 28.7 Å². The highest BCUT2D eigenvalue weighted by Gasteiger charge is 2.31. The van der Waals surface area contributed by atoms with Gasteiger partial charge in [-0.3, -0.25) is 0 Å². The first kappa shape index (κ1) is 15.0. The number of hydrogen-bond donors (Lipinski definition) is 1. The first-order chi connectivity index (χ1) is 8.78. The highest BCUT2D eigenvalue weighted by atomic mass is 79.9. The summed E-state index contributed by atoms with van der Waals surface area (Å²) in [5.41, 5.74) is -0.613. The number of aliphatic hydroxyl groups is 1. The maximum absolute atomic E-state index is 12.3. The van der Waals surface area contributed by atoms with Gasteiger partial charge in [-0.25, -0.2) is 8.42 Å². The Kier molecular flexibility index (Phi) is 4.38. The van der Waals surface area contributed by atoms with Crippen LogP contribution in [0, 0.1) is 5.92 Å². The summed E-state index contributed by atoms with van der Waals surface area (Å²) in [4.78, 5) is 0.382. The predicted octanol–water partition coefficient (Wildman–Crippen LogP) is 3.16. The van der Waals surface area contributed by atoms with E-state index in [1.54, 1.807) is 24.3 Å². The Hall–Kier alpha value is -0.390. The van der Waals surface area contributed by atoms with Gasteiger partial charge in [-0.05, 0) is 62.8 Å². The second-order valence-corrected chi connectivity index (χ2v) is 8.63. The maximum Gasteiger partial charge on any atom is 0.178 e. The van der Waals surface area contributed by atoms with E-state index in [1.165, 1.54) is 0 Å². The predicted molar refractivity (Wildman–Crippen MR) is 78.8 cm³/mol. The summed E-state index contributed by atoms with van der Waals surface area (Å²) in [5, 5.41) is 9.88. The van der Waals surface area contributed by atoms with Crippen LogP contribution in [0.1, 0.15) is 32.6 Å². The van der Waals surface area contributed by atoms with Gasteiger partial charge in [0.05, 0.1) is 16.2 Å². The molecule has 1 aromatic rings. The van der Waals surface area contributed by atoms with E-state index in [0.29, 0.717) is 17.7 Å². The van der Waals surface area contributed by atoms with Crippen LogP contribution in [0.15, 0.2) is 33.6 Å². The van der Waals surface area contributed by atoms with Gasteiger partial charge in [0, 0.05) is 4.47 Å². The molecular weight excluding hydrogens is 328 g/mol. The lowest BCUT2D eigenvalue weighted by Crippen LogP contribution is -2.32. The highest BCUT2D eigenvalue weighted by molar-refractivity contribution is 9.10. The van der Waals surface area contributed by atoms with Gasteiger partial charge in [0.15, 0.2) is 9.84 Å². The zero-order chi connectivity index (χ0) is 14.1. The molecule has 0 aliphatic heterocycles. The van der Waals surface area contributed by atoms with Crippen LogP contribution in [-0.4, -0.2) is 24.9 Å². The van der Waals surface area contributed by atoms with Gasteiger partial charge in [-0.15, -0.1) is 0 Å². The molecule has 2 rings (SSSR count). The Bertz CT molecular complexity index is 524. The summed E-state index contributed by atoms with van der Waals surface area (Å²) in [6.45, 7) is 1.83. The molecule has 0 unspecified atom stereocenters. The van der Waals surface area contributed by atoms with E-state index in [2.05, 4.69) is 15.9 Å². The number of benzene rings is 1. The summed E-state index contributed by atoms with van der Waals surface area (Å²) in [5.74, 6) is 0.346. The van der Waals surface area contributed by atoms with E-state index < -0.39 is 15.4 Å². The first-order valence-electron chi connectivity index (χ1n) is 6.49. The molecule has 0 bridgehead atoms. The van der Waals surface area contributed by atoms with Gasteiger partial charge in [0.2, 0.25) is 0 Å². The Balaban J connectivity index is 2.04. The maximum atomic E-state index is 12.3. The van der Waals surface area contributed by atoms with Gasteiger partial charge < -0.3 is 5.11 Å². The lowest BCUT2D eigenvalue weighted by atomic mass is 9.81. The molecule has 0 atom stereocenters. The largest absolute Gasteiger partial charge is 0.390 e. The van der Waals surface area contributed by atoms with Crippen molar-refractivity contribution in [3.63, 3.8) is 0 Å². The van der Waals surface area contributed by atoms with E-state index in [0.717, 1.165) is 17.3 Å². The van der Waals surface area contributed by atoms with Gasteiger partial charge in [-0.2, -0.15) is 0 Å². The Morgan fingerprint density at radius 3 is 2.32 bits per heavy atom. The molecular formula is C14H19BrO3S. The van der Waals surface area contributed by atoms with Crippen LogP contribution in [-0.2, 0) is 9.84 Å². The SMILES string of the molecule is CC1(O)CCC(CS(=O)(=O)c2ccc(Br)cc2)CC1. The average molecular weight is 347 g/mol. The molecule has 1 fully saturated rings. The standard InChI is InChI=1S/C14H19BrO3S/c1-14(16)8-6-11(7-9-14)10-19(17,18)13-4-2-12(15)3-5-13/h2-5,11,16H,6-10H2,1H3. The third kappa shape index (κ3) is 4.04. The van der Waals surface area contributed by atoms with Gasteiger partial charge in [0.25, 0.3) is 0 Å². The molecule has 1 aliphatic carbocycles. The molecule has 1 saturated carbocycles. The zero-order valence-electron chi connectivity index (χ0n) is 11.0. The monoisotopic (exact) mass is 346 g/mol. The smallest absolute Gasteiger partial charge is 0.178 e. The normalized spacial score (nSPS) is 28.3. The molecule has 5 heteroatoms. The molecule has 0 amide bonds. The molecule has 106 valence electrons. The second-order valence-electron chi connectivity index (χ2n) is 5.68. The van der Waals surface area contributed by atoms with Crippen molar-refractivity contribution in [1.82, 2.24) is 0 Å². The van der Waals surface area contributed by atoms with Crippen molar-refractivity contribution in [2.75, 3.05) is 5.75 Å². The Labute approximate surface area is 123 Å². The Morgan fingerprint density at radius 1 is 1.26 bits per heavy atom. The number of halogens is 1. The van der Waals surface area contributed by atoms with E-state index in [1.807, 2.05) is 6.92 Å². The van der Waals surface area contributed by atoms with Crippen molar-refractivity contribution in [2.24, 2.45) is 5.92 Å². The molecule has 19 heavy (non-hydrogen) atoms. The van der Waals surface area contributed by atoms with E-state index >= 15 is 0 Å². The minimum atomic E-state index is -3.22. The van der Waals surface area contributed by atoms with Crippen LogP contribution in [0.2, 0.25) is 0 Å². The van der Waals surface area contributed by atoms with Crippen molar-refractivity contribution < 1.29 is 13.5 Å². The van der Waals surface area contributed by atoms with Crippen LogP contribution in [0.5, 0.6) is 0 Å². The third-order valence-electron chi connectivity index (χ3n) is 3.81. The first-order valence-corrected chi connectivity index (χ1v) is 8.94. The van der Waals surface area contributed by atoms with Crippen molar-refractivity contribution in [3.8, 4) is 0 Å². The lowest BCUT2D eigenvalue weighted by molar-refractivity contribution is 0.0108. The van der Waals surface area contributed by atoms with Crippen LogP contribution < -0.4 is 0 Å². The van der Waals surface area contributed by atoms with E-state index in [4.69, 9.17) is 0 Å². The average Bonchev–Trinajstić information content (AvgIpc) is 2.32. The Morgan fingerprint density at radius 2 is 1.79 bits per heavy atom.